The van der Waals surface area contributed by atoms with E-state index in [1.807, 2.05) is 49.4 Å². The molecule has 5 rings (SSSR count). The molecule has 0 saturated carbocycles. The lowest BCUT2D eigenvalue weighted by Crippen LogP contribution is -2.31. The van der Waals surface area contributed by atoms with Gasteiger partial charge in [-0.1, -0.05) is 59.6 Å². The van der Waals surface area contributed by atoms with Gasteiger partial charge in [0.25, 0.3) is 5.91 Å². The number of hydrogen-bond acceptors (Lipinski definition) is 3. The summed E-state index contributed by atoms with van der Waals surface area (Å²) < 4.78 is 2.10. The molecule has 31 heavy (non-hydrogen) atoms. The van der Waals surface area contributed by atoms with Crippen molar-refractivity contribution in [2.24, 2.45) is 0 Å². The van der Waals surface area contributed by atoms with Gasteiger partial charge in [-0.05, 0) is 49.7 Å². The van der Waals surface area contributed by atoms with Crippen molar-refractivity contribution in [1.29, 1.82) is 0 Å². The Morgan fingerprint density at radius 3 is 2.65 bits per heavy atom. The van der Waals surface area contributed by atoms with E-state index in [0.717, 1.165) is 33.8 Å². The fourth-order valence-electron chi connectivity index (χ4n) is 4.18. The van der Waals surface area contributed by atoms with Gasteiger partial charge in [-0.25, -0.2) is 4.98 Å². The summed E-state index contributed by atoms with van der Waals surface area (Å²) in [5.74, 6) is 0.548. The predicted octanol–water partition coefficient (Wildman–Crippen LogP) is 5.93. The molecule has 4 aromatic rings. The maximum atomic E-state index is 13.5. The number of halogens is 1. The number of carbonyl (C=O) groups excluding carboxylic acids is 1. The molecule has 3 aromatic carbocycles. The van der Waals surface area contributed by atoms with Crippen LogP contribution in [0.5, 0.6) is 0 Å². The van der Waals surface area contributed by atoms with Crippen molar-refractivity contribution in [3.8, 4) is 0 Å². The van der Waals surface area contributed by atoms with Gasteiger partial charge in [0.15, 0.2) is 0 Å². The summed E-state index contributed by atoms with van der Waals surface area (Å²) >= 11 is 6.11. The van der Waals surface area contributed by atoms with Crippen molar-refractivity contribution in [2.75, 3.05) is 10.6 Å². The van der Waals surface area contributed by atoms with Gasteiger partial charge < -0.3 is 10.6 Å². The number of aromatic nitrogens is 2. The Balaban J connectivity index is 1.67. The first-order valence-electron chi connectivity index (χ1n) is 10.1. The Morgan fingerprint density at radius 2 is 1.84 bits per heavy atom. The van der Waals surface area contributed by atoms with Crippen molar-refractivity contribution >= 4 is 40.2 Å². The molecule has 0 aliphatic carbocycles. The highest BCUT2D eigenvalue weighted by Crippen LogP contribution is 2.39. The van der Waals surface area contributed by atoms with E-state index in [0.29, 0.717) is 16.3 Å². The summed E-state index contributed by atoms with van der Waals surface area (Å²) in [5.41, 5.74) is 6.08. The first-order valence-corrected chi connectivity index (χ1v) is 10.5. The molecule has 0 fully saturated rings. The molecule has 1 aromatic heterocycles. The number of imidazole rings is 1. The zero-order valence-corrected chi connectivity index (χ0v) is 17.9. The second kappa shape index (κ2) is 7.60. The fourth-order valence-corrected chi connectivity index (χ4v) is 4.37. The molecule has 0 saturated heterocycles. The van der Waals surface area contributed by atoms with Crippen molar-refractivity contribution in [3.63, 3.8) is 0 Å². The quantitative estimate of drug-likeness (QED) is 0.425. The van der Waals surface area contributed by atoms with Crippen LogP contribution in [0.3, 0.4) is 0 Å². The van der Waals surface area contributed by atoms with Crippen LogP contribution in [0.1, 0.15) is 24.1 Å². The van der Waals surface area contributed by atoms with Gasteiger partial charge in [-0.3, -0.25) is 9.36 Å². The molecule has 5 nitrogen and oxygen atoms in total. The first-order chi connectivity index (χ1) is 15.0. The first kappa shape index (κ1) is 19.4. The average Bonchev–Trinajstić information content (AvgIpc) is 3.10. The van der Waals surface area contributed by atoms with E-state index in [2.05, 4.69) is 40.3 Å². The Morgan fingerprint density at radius 1 is 1.03 bits per heavy atom. The number of para-hydroxylation sites is 2. The summed E-state index contributed by atoms with van der Waals surface area (Å²) in [7, 11) is 0. The van der Waals surface area contributed by atoms with E-state index < -0.39 is 0 Å². The molecule has 2 heterocycles. The molecule has 0 bridgehead atoms. The molecular weight excluding hydrogens is 408 g/mol. The number of nitrogens with zero attached hydrogens (tertiary/aromatic N) is 2. The van der Waals surface area contributed by atoms with Crippen LogP contribution in [0.25, 0.3) is 11.0 Å². The summed E-state index contributed by atoms with van der Waals surface area (Å²) in [5, 5.41) is 6.92. The molecular formula is C25H21ClN4O. The minimum absolute atomic E-state index is 0.179. The summed E-state index contributed by atoms with van der Waals surface area (Å²) in [6.07, 6.45) is 0. The van der Waals surface area contributed by atoms with Crippen molar-refractivity contribution in [1.82, 2.24) is 9.55 Å². The average molecular weight is 429 g/mol. The summed E-state index contributed by atoms with van der Waals surface area (Å²) in [6, 6.07) is 23.1. The second-order valence-electron chi connectivity index (χ2n) is 7.74. The Hall–Kier alpha value is -3.57. The third kappa shape index (κ3) is 3.47. The van der Waals surface area contributed by atoms with Gasteiger partial charge in [-0.15, -0.1) is 0 Å². The minimum Gasteiger partial charge on any atom is -0.329 e. The van der Waals surface area contributed by atoms with Gasteiger partial charge in [-0.2, -0.15) is 0 Å². The standard InChI is InChI=1S/C25H21ClN4O/c1-15-7-5-8-17(13-15)23-22(24(31)28-19-10-6-9-18(26)14-19)16(2)27-25-29-20-11-3-4-12-21(20)30(23)25/h3-14,23H,1-2H3,(H,27,29)(H,28,31). The lowest BCUT2D eigenvalue weighted by molar-refractivity contribution is -0.113. The summed E-state index contributed by atoms with van der Waals surface area (Å²) in [4.78, 5) is 18.3. The summed E-state index contributed by atoms with van der Waals surface area (Å²) in [6.45, 7) is 3.97. The number of carbonyl (C=O) groups is 1. The Bertz CT molecular complexity index is 1350. The molecule has 0 spiro atoms. The second-order valence-corrected chi connectivity index (χ2v) is 8.18. The third-order valence-electron chi connectivity index (χ3n) is 5.52. The van der Waals surface area contributed by atoms with E-state index in [4.69, 9.17) is 16.6 Å². The van der Waals surface area contributed by atoms with Crippen LogP contribution in [0, 0.1) is 6.92 Å². The Kier molecular flexibility index (Phi) is 4.75. The van der Waals surface area contributed by atoms with Crippen molar-refractivity contribution in [3.05, 3.63) is 100 Å². The van der Waals surface area contributed by atoms with Gasteiger partial charge in [0.1, 0.15) is 0 Å². The molecule has 2 N–H and O–H groups in total. The van der Waals surface area contributed by atoms with Gasteiger partial charge in [0, 0.05) is 16.4 Å². The van der Waals surface area contributed by atoms with E-state index in [9.17, 15) is 4.79 Å². The van der Waals surface area contributed by atoms with E-state index >= 15 is 0 Å². The number of aryl methyl sites for hydroxylation is 1. The van der Waals surface area contributed by atoms with Crippen LogP contribution >= 0.6 is 11.6 Å². The third-order valence-corrected chi connectivity index (χ3v) is 5.75. The number of fused-ring (bicyclic) bond motifs is 3. The number of hydrogen-bond donors (Lipinski definition) is 2. The molecule has 1 atom stereocenters. The van der Waals surface area contributed by atoms with Crippen LogP contribution in [0.2, 0.25) is 5.02 Å². The molecule has 1 aliphatic heterocycles. The maximum Gasteiger partial charge on any atom is 0.255 e. The van der Waals surface area contributed by atoms with Gasteiger partial charge in [0.2, 0.25) is 5.95 Å². The van der Waals surface area contributed by atoms with E-state index in [1.54, 1.807) is 12.1 Å². The number of amides is 1. The number of allylic oxidation sites excluding steroid dienone is 1. The number of benzene rings is 3. The normalized spacial score (nSPS) is 15.5. The monoisotopic (exact) mass is 428 g/mol. The highest BCUT2D eigenvalue weighted by atomic mass is 35.5. The molecule has 1 amide bonds. The predicted molar refractivity (Wildman–Crippen MR) is 125 cm³/mol. The molecule has 1 aliphatic rings. The molecule has 1 unspecified atom stereocenters. The SMILES string of the molecule is CC1=C(C(=O)Nc2cccc(Cl)c2)C(c2cccc(C)c2)n2c(nc3ccccc32)N1. The lowest BCUT2D eigenvalue weighted by atomic mass is 9.93. The lowest BCUT2D eigenvalue weighted by Gasteiger charge is -2.31. The van der Waals surface area contributed by atoms with Crippen LogP contribution < -0.4 is 10.6 Å². The number of anilines is 2. The van der Waals surface area contributed by atoms with Crippen LogP contribution in [-0.2, 0) is 4.79 Å². The number of nitrogens with one attached hydrogen (secondary N) is 2. The number of rotatable bonds is 3. The van der Waals surface area contributed by atoms with E-state index in [1.165, 1.54) is 0 Å². The molecule has 154 valence electrons. The van der Waals surface area contributed by atoms with Crippen molar-refractivity contribution < 1.29 is 4.79 Å². The highest BCUT2D eigenvalue weighted by molar-refractivity contribution is 6.31. The topological polar surface area (TPSA) is 59.0 Å². The largest absolute Gasteiger partial charge is 0.329 e. The van der Waals surface area contributed by atoms with Gasteiger partial charge in [0.05, 0.1) is 22.6 Å². The van der Waals surface area contributed by atoms with Crippen LogP contribution in [-0.4, -0.2) is 15.5 Å². The smallest absolute Gasteiger partial charge is 0.255 e. The van der Waals surface area contributed by atoms with Crippen molar-refractivity contribution in [2.45, 2.75) is 19.9 Å². The van der Waals surface area contributed by atoms with Crippen LogP contribution in [0.4, 0.5) is 11.6 Å². The van der Waals surface area contributed by atoms with E-state index in [-0.39, 0.29) is 11.9 Å². The van der Waals surface area contributed by atoms with Crippen LogP contribution in [0.15, 0.2) is 84.1 Å². The zero-order valence-electron chi connectivity index (χ0n) is 17.2. The van der Waals surface area contributed by atoms with Gasteiger partial charge >= 0.3 is 0 Å². The maximum absolute atomic E-state index is 13.5. The zero-order chi connectivity index (χ0) is 21.5. The molecule has 0 radical (unpaired) electrons. The minimum atomic E-state index is -0.317. The molecule has 6 heteroatoms. The Labute approximate surface area is 185 Å². The highest BCUT2D eigenvalue weighted by Gasteiger charge is 2.34. The fraction of sp³-hybridized carbons (Fsp3) is 0.120.